The van der Waals surface area contributed by atoms with E-state index in [4.69, 9.17) is 20.2 Å². The van der Waals surface area contributed by atoms with Crippen LogP contribution in [0.3, 0.4) is 0 Å². The second-order valence-electron chi connectivity index (χ2n) is 3.70. The maximum Gasteiger partial charge on any atom is 0.360 e. The first-order valence-electron chi connectivity index (χ1n) is 5.59. The van der Waals surface area contributed by atoms with Crippen molar-refractivity contribution in [3.8, 4) is 0 Å². The fraction of sp³-hybridized carbons (Fsp3) is 0.600. The summed E-state index contributed by atoms with van der Waals surface area (Å²) >= 11 is 0. The zero-order valence-electron chi connectivity index (χ0n) is 10.6. The number of esters is 1. The lowest BCUT2D eigenvalue weighted by Crippen LogP contribution is -2.13. The van der Waals surface area contributed by atoms with Gasteiger partial charge in [-0.05, 0) is 6.42 Å². The third kappa shape index (κ3) is 4.19. The van der Waals surface area contributed by atoms with Gasteiger partial charge in [-0.2, -0.15) is 5.10 Å². The average Bonchev–Trinajstić information content (AvgIpc) is 2.73. The summed E-state index contributed by atoms with van der Waals surface area (Å²) in [6, 6.07) is 0. The molecule has 1 rings (SSSR count). The van der Waals surface area contributed by atoms with Crippen molar-refractivity contribution in [3.05, 3.63) is 11.4 Å². The Balaban J connectivity index is 3.04. The molecule has 0 amide bonds. The van der Waals surface area contributed by atoms with Crippen LogP contribution in [0, 0.1) is 0 Å². The highest BCUT2D eigenvalue weighted by Gasteiger charge is 2.29. The molecule has 108 valence electrons. The van der Waals surface area contributed by atoms with E-state index in [0.29, 0.717) is 18.5 Å². The van der Waals surface area contributed by atoms with Crippen molar-refractivity contribution in [1.29, 1.82) is 0 Å². The predicted octanol–water partition coefficient (Wildman–Crippen LogP) is 1.09. The van der Waals surface area contributed by atoms with Gasteiger partial charge in [0.25, 0.3) is 9.05 Å². The van der Waals surface area contributed by atoms with Crippen LogP contribution in [0.5, 0.6) is 0 Å². The highest BCUT2D eigenvalue weighted by Crippen LogP contribution is 2.24. The molecule has 0 bridgehead atoms. The van der Waals surface area contributed by atoms with Gasteiger partial charge in [-0.25, -0.2) is 13.2 Å². The molecular weight excluding hydrogens is 296 g/mol. The van der Waals surface area contributed by atoms with E-state index in [1.165, 1.54) is 7.11 Å². The summed E-state index contributed by atoms with van der Waals surface area (Å²) in [7, 11) is 2.71. The number of rotatable bonds is 7. The number of nitrogens with one attached hydrogen (secondary N) is 1. The van der Waals surface area contributed by atoms with E-state index in [1.807, 2.05) is 6.92 Å². The number of aromatic amines is 1. The van der Waals surface area contributed by atoms with Gasteiger partial charge in [0.2, 0.25) is 0 Å². The Bertz CT molecular complexity index is 540. The largest absolute Gasteiger partial charge is 0.458 e. The van der Waals surface area contributed by atoms with Crippen molar-refractivity contribution in [3.63, 3.8) is 0 Å². The summed E-state index contributed by atoms with van der Waals surface area (Å²) in [5, 5.41) is 6.18. The van der Waals surface area contributed by atoms with Crippen molar-refractivity contribution < 1.29 is 22.7 Å². The number of carbonyl (C=O) groups excluding carboxylic acids is 1. The molecule has 0 fully saturated rings. The number of H-pyrrole nitrogens is 1. The van der Waals surface area contributed by atoms with E-state index in [-0.39, 0.29) is 23.8 Å². The van der Waals surface area contributed by atoms with Crippen molar-refractivity contribution in [1.82, 2.24) is 10.2 Å². The summed E-state index contributed by atoms with van der Waals surface area (Å²) in [4.78, 5) is 11.4. The van der Waals surface area contributed by atoms with Crippen molar-refractivity contribution in [2.24, 2.45) is 0 Å². The van der Waals surface area contributed by atoms with Crippen LogP contribution >= 0.6 is 10.7 Å². The van der Waals surface area contributed by atoms with E-state index < -0.39 is 15.0 Å². The van der Waals surface area contributed by atoms with Gasteiger partial charge in [-0.15, -0.1) is 0 Å². The molecule has 1 aromatic heterocycles. The van der Waals surface area contributed by atoms with Crippen LogP contribution in [0.2, 0.25) is 0 Å². The van der Waals surface area contributed by atoms with Gasteiger partial charge in [0.05, 0.1) is 12.3 Å². The Labute approximate surface area is 115 Å². The Morgan fingerprint density at radius 1 is 1.42 bits per heavy atom. The normalized spacial score (nSPS) is 11.5. The van der Waals surface area contributed by atoms with Crippen LogP contribution < -0.4 is 0 Å². The Morgan fingerprint density at radius 3 is 2.63 bits per heavy atom. The van der Waals surface area contributed by atoms with Gasteiger partial charge in [0.1, 0.15) is 11.5 Å². The molecule has 0 aliphatic rings. The monoisotopic (exact) mass is 310 g/mol. The summed E-state index contributed by atoms with van der Waals surface area (Å²) in [6.45, 7) is 2.08. The fourth-order valence-corrected chi connectivity index (χ4v) is 2.77. The third-order valence-corrected chi connectivity index (χ3v) is 3.64. The Morgan fingerprint density at radius 2 is 2.11 bits per heavy atom. The van der Waals surface area contributed by atoms with Gasteiger partial charge in [0.15, 0.2) is 5.69 Å². The number of hydrogen-bond donors (Lipinski definition) is 1. The number of methoxy groups -OCH3 is 1. The molecule has 0 aromatic carbocycles. The van der Waals surface area contributed by atoms with E-state index in [0.717, 1.165) is 0 Å². The summed E-state index contributed by atoms with van der Waals surface area (Å²) < 4.78 is 32.6. The first-order valence-corrected chi connectivity index (χ1v) is 7.90. The van der Waals surface area contributed by atoms with Crippen molar-refractivity contribution in [2.75, 3.05) is 20.3 Å². The zero-order valence-corrected chi connectivity index (χ0v) is 12.2. The van der Waals surface area contributed by atoms with Crippen molar-refractivity contribution >= 4 is 25.7 Å². The van der Waals surface area contributed by atoms with Gasteiger partial charge in [0, 0.05) is 17.8 Å². The first kappa shape index (κ1) is 15.9. The average molecular weight is 311 g/mol. The van der Waals surface area contributed by atoms with Crippen LogP contribution in [0.1, 0.15) is 29.5 Å². The highest BCUT2D eigenvalue weighted by atomic mass is 35.7. The standard InChI is InChI=1S/C10H15ClN2O5S/c1-3-4-7-9(19(11,15)16)8(13-12-7)10(14)18-6-5-17-2/h3-6H2,1-2H3,(H,12,13). The van der Waals surface area contributed by atoms with E-state index in [2.05, 4.69) is 10.2 Å². The summed E-state index contributed by atoms with van der Waals surface area (Å²) in [5.74, 6) is -0.852. The number of hydrogen-bond acceptors (Lipinski definition) is 6. The van der Waals surface area contributed by atoms with Crippen LogP contribution in [0.4, 0.5) is 0 Å². The minimum atomic E-state index is -4.07. The maximum atomic E-state index is 11.7. The quantitative estimate of drug-likeness (QED) is 0.460. The molecule has 0 radical (unpaired) electrons. The van der Waals surface area contributed by atoms with E-state index in [1.54, 1.807) is 0 Å². The fourth-order valence-electron chi connectivity index (χ4n) is 1.47. The van der Waals surface area contributed by atoms with Gasteiger partial charge >= 0.3 is 5.97 Å². The predicted molar refractivity (Wildman–Crippen MR) is 67.8 cm³/mol. The number of carbonyl (C=O) groups is 1. The number of ether oxygens (including phenoxy) is 2. The second-order valence-corrected chi connectivity index (χ2v) is 6.20. The molecule has 0 saturated heterocycles. The van der Waals surface area contributed by atoms with Gasteiger partial charge in [-0.1, -0.05) is 13.3 Å². The van der Waals surface area contributed by atoms with Crippen molar-refractivity contribution in [2.45, 2.75) is 24.7 Å². The highest BCUT2D eigenvalue weighted by molar-refractivity contribution is 8.13. The molecule has 19 heavy (non-hydrogen) atoms. The maximum absolute atomic E-state index is 11.7. The first-order chi connectivity index (χ1) is 8.91. The van der Waals surface area contributed by atoms with Crippen LogP contribution in [0.15, 0.2) is 4.90 Å². The molecule has 0 saturated carbocycles. The molecule has 9 heteroatoms. The lowest BCUT2D eigenvalue weighted by molar-refractivity contribution is 0.0377. The minimum Gasteiger partial charge on any atom is -0.458 e. The third-order valence-electron chi connectivity index (χ3n) is 2.25. The molecule has 0 aliphatic heterocycles. The lowest BCUT2D eigenvalue weighted by Gasteiger charge is -2.03. The van der Waals surface area contributed by atoms with E-state index >= 15 is 0 Å². The molecule has 1 aromatic rings. The number of nitrogens with zero attached hydrogens (tertiary/aromatic N) is 1. The molecule has 7 nitrogen and oxygen atoms in total. The summed E-state index contributed by atoms with van der Waals surface area (Å²) in [5.41, 5.74) is -0.0225. The van der Waals surface area contributed by atoms with Crippen LogP contribution in [-0.2, 0) is 24.9 Å². The molecular formula is C10H15ClN2O5S. The lowest BCUT2D eigenvalue weighted by atomic mass is 10.2. The zero-order chi connectivity index (χ0) is 14.5. The smallest absolute Gasteiger partial charge is 0.360 e. The minimum absolute atomic E-state index is 0.00702. The Hall–Kier alpha value is -1.12. The topological polar surface area (TPSA) is 98.3 Å². The molecule has 0 unspecified atom stereocenters. The Kier molecular flexibility index (Phi) is 5.77. The van der Waals surface area contributed by atoms with Gasteiger partial charge in [-0.3, -0.25) is 5.10 Å². The molecule has 1 N–H and O–H groups in total. The summed E-state index contributed by atoms with van der Waals surface area (Å²) in [6.07, 6.45) is 1.10. The van der Waals surface area contributed by atoms with E-state index in [9.17, 15) is 13.2 Å². The number of aryl methyl sites for hydroxylation is 1. The number of aromatic nitrogens is 2. The molecule has 0 atom stereocenters. The van der Waals surface area contributed by atoms with Crippen LogP contribution in [0.25, 0.3) is 0 Å². The SMILES string of the molecule is CCCc1[nH]nc(C(=O)OCCOC)c1S(=O)(=O)Cl. The molecule has 0 aliphatic carbocycles. The second kappa shape index (κ2) is 6.88. The van der Waals surface area contributed by atoms with Gasteiger partial charge < -0.3 is 9.47 Å². The molecule has 0 spiro atoms. The van der Waals surface area contributed by atoms with Crippen LogP contribution in [-0.4, -0.2) is 44.9 Å². The molecule has 1 heterocycles. The number of halogens is 1.